The Morgan fingerprint density at radius 3 is 2.65 bits per heavy atom. The monoisotopic (exact) mass is 306 g/mol. The lowest BCUT2D eigenvalue weighted by atomic mass is 10.1. The van der Waals surface area contributed by atoms with Crippen molar-refractivity contribution in [3.8, 4) is 0 Å². The quantitative estimate of drug-likeness (QED) is 0.593. The van der Waals surface area contributed by atoms with Crippen LogP contribution in [0.4, 0.5) is 0 Å². The second-order valence-electron chi connectivity index (χ2n) is 5.36. The molecule has 0 aromatic carbocycles. The van der Waals surface area contributed by atoms with Gasteiger partial charge in [-0.2, -0.15) is 0 Å². The van der Waals surface area contributed by atoms with Crippen LogP contribution in [0.5, 0.6) is 0 Å². The summed E-state index contributed by atoms with van der Waals surface area (Å²) in [7, 11) is 0. The Hall–Kier alpha value is -0.360. The molecule has 2 fully saturated rings. The molecule has 1 atom stereocenters. The highest BCUT2D eigenvalue weighted by Crippen LogP contribution is 2.19. The van der Waals surface area contributed by atoms with Gasteiger partial charge < -0.3 is 20.1 Å². The van der Waals surface area contributed by atoms with E-state index in [1.54, 1.807) is 0 Å². The maximum absolute atomic E-state index is 11.8. The summed E-state index contributed by atoms with van der Waals surface area (Å²) in [4.78, 5) is 11.8. The van der Waals surface area contributed by atoms with Crippen molar-refractivity contribution in [2.24, 2.45) is 0 Å². The second-order valence-corrected chi connectivity index (χ2v) is 5.36. The number of hydrogen-bond donors (Lipinski definition) is 2. The summed E-state index contributed by atoms with van der Waals surface area (Å²) in [6, 6.07) is -0.202. The van der Waals surface area contributed by atoms with Gasteiger partial charge in [0.15, 0.2) is 0 Å². The van der Waals surface area contributed by atoms with Gasteiger partial charge in [-0.05, 0) is 12.8 Å². The van der Waals surface area contributed by atoms with Crippen LogP contribution in [0.3, 0.4) is 0 Å². The summed E-state index contributed by atoms with van der Waals surface area (Å²) in [6.45, 7) is 3.11. The number of morpholine rings is 1. The number of ether oxygens (including phenoxy) is 2. The molecule has 1 saturated heterocycles. The van der Waals surface area contributed by atoms with Gasteiger partial charge in [-0.25, -0.2) is 0 Å². The first-order valence-corrected chi connectivity index (χ1v) is 7.57. The van der Waals surface area contributed by atoms with Crippen LogP contribution < -0.4 is 10.6 Å². The molecule has 1 saturated carbocycles. The predicted molar refractivity (Wildman–Crippen MR) is 80.3 cm³/mol. The number of nitrogens with one attached hydrogen (secondary N) is 2. The van der Waals surface area contributed by atoms with E-state index >= 15 is 0 Å². The zero-order chi connectivity index (χ0) is 13.3. The summed E-state index contributed by atoms with van der Waals surface area (Å²) in [5, 5.41) is 6.04. The van der Waals surface area contributed by atoms with E-state index in [4.69, 9.17) is 9.47 Å². The molecule has 118 valence electrons. The van der Waals surface area contributed by atoms with Crippen LogP contribution in [-0.4, -0.2) is 51.0 Å². The van der Waals surface area contributed by atoms with Crippen LogP contribution in [0.2, 0.25) is 0 Å². The molecular formula is C14H27ClN2O3. The summed E-state index contributed by atoms with van der Waals surface area (Å²) in [5.41, 5.74) is 0. The second kappa shape index (κ2) is 10.4. The highest BCUT2D eigenvalue weighted by Gasteiger charge is 2.20. The molecule has 1 heterocycles. The van der Waals surface area contributed by atoms with E-state index in [0.29, 0.717) is 32.5 Å². The third-order valence-corrected chi connectivity index (χ3v) is 3.80. The summed E-state index contributed by atoms with van der Waals surface area (Å²) < 4.78 is 11.1. The van der Waals surface area contributed by atoms with Crippen molar-refractivity contribution in [3.63, 3.8) is 0 Å². The van der Waals surface area contributed by atoms with E-state index in [1.165, 1.54) is 38.5 Å². The van der Waals surface area contributed by atoms with Gasteiger partial charge in [-0.15, -0.1) is 12.4 Å². The Bertz CT molecular complexity index is 265. The summed E-state index contributed by atoms with van der Waals surface area (Å²) in [6.07, 6.45) is 7.97. The Labute approximate surface area is 127 Å². The van der Waals surface area contributed by atoms with Crippen molar-refractivity contribution in [3.05, 3.63) is 0 Å². The molecule has 20 heavy (non-hydrogen) atoms. The van der Waals surface area contributed by atoms with Crippen LogP contribution in [0.25, 0.3) is 0 Å². The maximum atomic E-state index is 11.8. The highest BCUT2D eigenvalue weighted by molar-refractivity contribution is 5.85. The Morgan fingerprint density at radius 1 is 1.25 bits per heavy atom. The SMILES string of the molecule is Cl.O=C(NCCOC1CCCCCC1)C1COCCN1. The van der Waals surface area contributed by atoms with Crippen LogP contribution in [0, 0.1) is 0 Å². The number of carbonyl (C=O) groups excluding carboxylic acids is 1. The lowest BCUT2D eigenvalue weighted by molar-refractivity contribution is -0.126. The molecule has 0 aromatic rings. The van der Waals surface area contributed by atoms with Gasteiger partial charge in [0, 0.05) is 13.1 Å². The zero-order valence-electron chi connectivity index (χ0n) is 12.1. The van der Waals surface area contributed by atoms with E-state index < -0.39 is 0 Å². The molecule has 0 aromatic heterocycles. The third kappa shape index (κ3) is 6.39. The van der Waals surface area contributed by atoms with Crippen molar-refractivity contribution in [1.82, 2.24) is 10.6 Å². The van der Waals surface area contributed by atoms with Crippen molar-refractivity contribution in [2.45, 2.75) is 50.7 Å². The standard InChI is InChI=1S/C14H26N2O3.ClH/c17-14(13-11-18-9-7-15-13)16-8-10-19-12-5-3-1-2-4-6-12;/h12-13,15H,1-11H2,(H,16,17);1H. The lowest BCUT2D eigenvalue weighted by Gasteiger charge is -2.23. The van der Waals surface area contributed by atoms with Gasteiger partial charge in [0.05, 0.1) is 25.9 Å². The fourth-order valence-corrected chi connectivity index (χ4v) is 2.67. The minimum Gasteiger partial charge on any atom is -0.378 e. The number of amides is 1. The van der Waals surface area contributed by atoms with Gasteiger partial charge in [0.2, 0.25) is 5.91 Å². The minimum absolute atomic E-state index is 0. The average molecular weight is 307 g/mol. The molecule has 5 nitrogen and oxygen atoms in total. The number of rotatable bonds is 5. The fraction of sp³-hybridized carbons (Fsp3) is 0.929. The predicted octanol–water partition coefficient (Wildman–Crippen LogP) is 1.25. The van der Waals surface area contributed by atoms with Crippen LogP contribution in [0.1, 0.15) is 38.5 Å². The largest absolute Gasteiger partial charge is 0.378 e. The minimum atomic E-state index is -0.202. The van der Waals surface area contributed by atoms with Crippen LogP contribution in [-0.2, 0) is 14.3 Å². The molecular weight excluding hydrogens is 280 g/mol. The first kappa shape index (κ1) is 17.7. The van der Waals surface area contributed by atoms with E-state index in [9.17, 15) is 4.79 Å². The molecule has 2 aliphatic rings. The molecule has 0 radical (unpaired) electrons. The van der Waals surface area contributed by atoms with Gasteiger partial charge >= 0.3 is 0 Å². The van der Waals surface area contributed by atoms with E-state index in [-0.39, 0.29) is 24.4 Å². The molecule has 1 unspecified atom stereocenters. The summed E-state index contributed by atoms with van der Waals surface area (Å²) >= 11 is 0. The molecule has 1 amide bonds. The van der Waals surface area contributed by atoms with Crippen LogP contribution in [0.15, 0.2) is 0 Å². The number of carbonyl (C=O) groups is 1. The average Bonchev–Trinajstić information content (AvgIpc) is 2.73. The number of hydrogen-bond acceptors (Lipinski definition) is 4. The first-order chi connectivity index (χ1) is 9.36. The van der Waals surface area contributed by atoms with E-state index in [2.05, 4.69) is 10.6 Å². The van der Waals surface area contributed by atoms with Crippen molar-refractivity contribution < 1.29 is 14.3 Å². The van der Waals surface area contributed by atoms with Crippen LogP contribution >= 0.6 is 12.4 Å². The molecule has 6 heteroatoms. The molecule has 0 spiro atoms. The van der Waals surface area contributed by atoms with E-state index in [1.807, 2.05) is 0 Å². The molecule has 1 aliphatic carbocycles. The van der Waals surface area contributed by atoms with E-state index in [0.717, 1.165) is 6.54 Å². The van der Waals surface area contributed by atoms with Gasteiger partial charge in [0.25, 0.3) is 0 Å². The van der Waals surface area contributed by atoms with Crippen molar-refractivity contribution in [1.29, 1.82) is 0 Å². The van der Waals surface area contributed by atoms with Gasteiger partial charge in [-0.3, -0.25) is 4.79 Å². The van der Waals surface area contributed by atoms with Gasteiger partial charge in [-0.1, -0.05) is 25.7 Å². The molecule has 1 aliphatic heterocycles. The number of halogens is 1. The molecule has 2 rings (SSSR count). The first-order valence-electron chi connectivity index (χ1n) is 7.57. The van der Waals surface area contributed by atoms with Gasteiger partial charge in [0.1, 0.15) is 6.04 Å². The van der Waals surface area contributed by atoms with Crippen molar-refractivity contribution in [2.75, 3.05) is 32.9 Å². The lowest BCUT2D eigenvalue weighted by Crippen LogP contribution is -2.51. The highest BCUT2D eigenvalue weighted by atomic mass is 35.5. The molecule has 2 N–H and O–H groups in total. The maximum Gasteiger partial charge on any atom is 0.239 e. The van der Waals surface area contributed by atoms with Crippen molar-refractivity contribution >= 4 is 18.3 Å². The Balaban J connectivity index is 0.00000200. The smallest absolute Gasteiger partial charge is 0.239 e. The molecule has 0 bridgehead atoms. The Morgan fingerprint density at radius 2 is 2.00 bits per heavy atom. The zero-order valence-corrected chi connectivity index (χ0v) is 12.9. The normalized spacial score (nSPS) is 24.5. The third-order valence-electron chi connectivity index (χ3n) is 3.80. The Kier molecular flexibility index (Phi) is 9.18. The topological polar surface area (TPSA) is 59.6 Å². The summed E-state index contributed by atoms with van der Waals surface area (Å²) in [5.74, 6) is 0.0177. The fourth-order valence-electron chi connectivity index (χ4n) is 2.67.